The van der Waals surface area contributed by atoms with E-state index in [2.05, 4.69) is 54.5 Å². The fourth-order valence-corrected chi connectivity index (χ4v) is 10.3. The van der Waals surface area contributed by atoms with Crippen LogP contribution in [0.3, 0.4) is 0 Å². The molecule has 0 spiro atoms. The van der Waals surface area contributed by atoms with Crippen molar-refractivity contribution in [1.29, 1.82) is 0 Å². The molecule has 190 valence electrons. The van der Waals surface area contributed by atoms with Crippen LogP contribution in [-0.2, 0) is 0 Å². The van der Waals surface area contributed by atoms with Gasteiger partial charge in [0.25, 0.3) is 0 Å². The summed E-state index contributed by atoms with van der Waals surface area (Å²) in [5.74, 6) is 1.31. The third-order valence-electron chi connectivity index (χ3n) is 12.4. The number of hydrogen-bond donors (Lipinski definition) is 3. The summed E-state index contributed by atoms with van der Waals surface area (Å²) in [4.78, 5) is 0. The van der Waals surface area contributed by atoms with Crippen molar-refractivity contribution in [3.05, 3.63) is 11.6 Å². The molecule has 0 heterocycles. The molecule has 0 radical (unpaired) electrons. The van der Waals surface area contributed by atoms with Crippen LogP contribution >= 0.6 is 0 Å². The van der Waals surface area contributed by atoms with Crippen molar-refractivity contribution < 1.29 is 15.3 Å². The first-order chi connectivity index (χ1) is 15.1. The van der Waals surface area contributed by atoms with Crippen molar-refractivity contribution in [3.8, 4) is 0 Å². The smallest absolute Gasteiger partial charge is 0.0654 e. The minimum absolute atomic E-state index is 0.0503. The molecule has 4 rings (SSSR count). The summed E-state index contributed by atoms with van der Waals surface area (Å²) in [7, 11) is 0. The second kappa shape index (κ2) is 8.07. The number of allylic oxidation sites excluding steroid dienone is 2. The van der Waals surface area contributed by atoms with E-state index in [9.17, 15) is 15.3 Å². The first-order valence-electron chi connectivity index (χ1n) is 13.8. The lowest BCUT2D eigenvalue weighted by Crippen LogP contribution is -2.66. The summed E-state index contributed by atoms with van der Waals surface area (Å²) in [6.45, 7) is 18.3. The van der Waals surface area contributed by atoms with E-state index in [4.69, 9.17) is 0 Å². The van der Waals surface area contributed by atoms with Crippen LogP contribution in [0.4, 0.5) is 0 Å². The van der Waals surface area contributed by atoms with Gasteiger partial charge in [0.05, 0.1) is 17.8 Å². The highest BCUT2D eigenvalue weighted by Crippen LogP contribution is 2.75. The van der Waals surface area contributed by atoms with E-state index >= 15 is 0 Å². The molecule has 4 saturated carbocycles. The van der Waals surface area contributed by atoms with Crippen molar-refractivity contribution in [3.63, 3.8) is 0 Å². The van der Waals surface area contributed by atoms with Crippen LogP contribution in [0.1, 0.15) is 113 Å². The largest absolute Gasteiger partial charge is 0.393 e. The topological polar surface area (TPSA) is 60.7 Å². The molecule has 4 aliphatic carbocycles. The van der Waals surface area contributed by atoms with E-state index in [1.54, 1.807) is 0 Å². The number of hydrogen-bond acceptors (Lipinski definition) is 3. The van der Waals surface area contributed by atoms with E-state index < -0.39 is 5.60 Å². The summed E-state index contributed by atoms with van der Waals surface area (Å²) in [5, 5.41) is 34.3. The Balaban J connectivity index is 1.66. The van der Waals surface area contributed by atoms with Crippen LogP contribution < -0.4 is 0 Å². The van der Waals surface area contributed by atoms with Gasteiger partial charge in [-0.3, -0.25) is 0 Å². The molecule has 3 nitrogen and oxygen atoms in total. The molecule has 0 saturated heterocycles. The summed E-state index contributed by atoms with van der Waals surface area (Å²) in [6, 6.07) is 0. The molecule has 0 bridgehead atoms. The van der Waals surface area contributed by atoms with E-state index in [1.165, 1.54) is 18.4 Å². The Labute approximate surface area is 203 Å². The monoisotopic (exact) mass is 459 g/mol. The zero-order valence-corrected chi connectivity index (χ0v) is 22.7. The highest BCUT2D eigenvalue weighted by Gasteiger charge is 2.71. The Morgan fingerprint density at radius 2 is 1.55 bits per heavy atom. The maximum atomic E-state index is 11.8. The Hall–Kier alpha value is -0.380. The van der Waals surface area contributed by atoms with E-state index in [0.29, 0.717) is 11.8 Å². The third kappa shape index (κ3) is 3.61. The molecule has 4 aliphatic rings. The van der Waals surface area contributed by atoms with Crippen LogP contribution in [-0.4, -0.2) is 33.1 Å². The molecule has 0 aromatic rings. The SMILES string of the molecule is C/C([11CH3])=C\CC[C@](C)(O)[C@H]1CC[C@]2(C)[C@@H]1[C@H](O)C[C@@H]1[C@@]3(C)CC[C@H](O)C(C)(C)[C@@H]3CC[C@]12C. The maximum Gasteiger partial charge on any atom is 0.0654 e. The Kier molecular flexibility index (Phi) is 6.28. The van der Waals surface area contributed by atoms with Crippen LogP contribution in [0.2, 0.25) is 0 Å². The zero-order chi connectivity index (χ0) is 24.6. The molecule has 33 heavy (non-hydrogen) atoms. The summed E-state index contributed by atoms with van der Waals surface area (Å²) >= 11 is 0. The van der Waals surface area contributed by atoms with Crippen molar-refractivity contribution in [2.75, 3.05) is 0 Å². The van der Waals surface area contributed by atoms with Gasteiger partial charge in [-0.05, 0) is 124 Å². The van der Waals surface area contributed by atoms with E-state index in [1.807, 2.05) is 6.92 Å². The van der Waals surface area contributed by atoms with Gasteiger partial charge in [0.1, 0.15) is 0 Å². The second-order valence-electron chi connectivity index (χ2n) is 14.5. The molecular weight excluding hydrogens is 407 g/mol. The molecule has 0 amide bonds. The molecule has 0 unspecified atom stereocenters. The lowest BCUT2D eigenvalue weighted by molar-refractivity contribution is -0.246. The maximum absolute atomic E-state index is 11.8. The lowest BCUT2D eigenvalue weighted by atomic mass is 9.35. The Morgan fingerprint density at radius 3 is 2.18 bits per heavy atom. The van der Waals surface area contributed by atoms with Gasteiger partial charge in [0, 0.05) is 0 Å². The van der Waals surface area contributed by atoms with Crippen molar-refractivity contribution in [2.24, 2.45) is 45.3 Å². The van der Waals surface area contributed by atoms with Gasteiger partial charge >= 0.3 is 0 Å². The van der Waals surface area contributed by atoms with Gasteiger partial charge in [-0.25, -0.2) is 0 Å². The van der Waals surface area contributed by atoms with Gasteiger partial charge in [0.15, 0.2) is 0 Å². The summed E-state index contributed by atoms with van der Waals surface area (Å²) in [5.41, 5.74) is 0.885. The van der Waals surface area contributed by atoms with E-state index in [-0.39, 0.29) is 45.7 Å². The molecule has 10 atom stereocenters. The molecule has 3 N–H and O–H groups in total. The zero-order valence-electron chi connectivity index (χ0n) is 22.7. The third-order valence-corrected chi connectivity index (χ3v) is 12.4. The molecule has 0 aromatic heterocycles. The van der Waals surface area contributed by atoms with Gasteiger partial charge in [-0.15, -0.1) is 0 Å². The molecule has 0 aliphatic heterocycles. The minimum atomic E-state index is -0.739. The number of rotatable bonds is 4. The van der Waals surface area contributed by atoms with Crippen LogP contribution in [0.25, 0.3) is 0 Å². The predicted molar refractivity (Wildman–Crippen MR) is 136 cm³/mol. The van der Waals surface area contributed by atoms with Crippen LogP contribution in [0.5, 0.6) is 0 Å². The Bertz CT molecular complexity index is 779. The Morgan fingerprint density at radius 1 is 0.909 bits per heavy atom. The lowest BCUT2D eigenvalue weighted by Gasteiger charge is -2.70. The van der Waals surface area contributed by atoms with Crippen molar-refractivity contribution in [1.82, 2.24) is 0 Å². The van der Waals surface area contributed by atoms with Crippen LogP contribution in [0, 0.1) is 45.3 Å². The second-order valence-corrected chi connectivity index (χ2v) is 14.5. The van der Waals surface area contributed by atoms with Crippen molar-refractivity contribution in [2.45, 2.75) is 131 Å². The number of aliphatic hydroxyl groups is 3. The van der Waals surface area contributed by atoms with Crippen LogP contribution in [0.15, 0.2) is 11.6 Å². The molecule has 4 fully saturated rings. The standard InChI is InChI=1S/C30H52O3/c1-19(2)10-9-14-30(8,33)20-11-16-29(7)25(20)21(31)18-23-27(5)15-13-24(32)26(3,4)22(27)12-17-28(23,29)6/h10,20-25,31-33H,9,11-18H2,1-8H3/t20-,21+,22-,23+,24-,25-,27-,28+,29+,30-/m0/s1/i1-1/b19-10-. The predicted octanol–water partition coefficient (Wildman–Crippen LogP) is 6.50. The molecule has 0 aromatic carbocycles. The quantitative estimate of drug-likeness (QED) is 0.420. The molecular formula is C30H52O3. The minimum Gasteiger partial charge on any atom is -0.393 e. The van der Waals surface area contributed by atoms with Gasteiger partial charge < -0.3 is 15.3 Å². The number of aliphatic hydroxyl groups excluding tert-OH is 2. The fourth-order valence-electron chi connectivity index (χ4n) is 10.3. The first kappa shape index (κ1) is 25.7. The highest BCUT2D eigenvalue weighted by molar-refractivity contribution is 5.20. The summed E-state index contributed by atoms with van der Waals surface area (Å²) in [6.07, 6.45) is 10.6. The van der Waals surface area contributed by atoms with Crippen molar-refractivity contribution >= 4 is 0 Å². The summed E-state index contributed by atoms with van der Waals surface area (Å²) < 4.78 is 0. The molecule has 3 heteroatoms. The van der Waals surface area contributed by atoms with Gasteiger partial charge in [0.2, 0.25) is 0 Å². The number of fused-ring (bicyclic) bond motifs is 5. The average Bonchev–Trinajstić information content (AvgIpc) is 3.08. The van der Waals surface area contributed by atoms with Gasteiger partial charge in [-0.1, -0.05) is 46.3 Å². The first-order valence-corrected chi connectivity index (χ1v) is 13.8. The van der Waals surface area contributed by atoms with E-state index in [0.717, 1.165) is 44.9 Å². The fraction of sp³-hybridized carbons (Fsp3) is 0.933. The van der Waals surface area contributed by atoms with Gasteiger partial charge in [-0.2, -0.15) is 0 Å². The highest BCUT2D eigenvalue weighted by atomic mass is 16.3. The normalized spacial score (nSPS) is 51.3. The average molecular weight is 460 g/mol.